The van der Waals surface area contributed by atoms with Gasteiger partial charge in [-0.25, -0.2) is 4.98 Å². The van der Waals surface area contributed by atoms with Crippen LogP contribution in [0.4, 0.5) is 0 Å². The van der Waals surface area contributed by atoms with Gasteiger partial charge in [-0.3, -0.25) is 4.79 Å². The SMILES string of the molecule is O=Cc1cnc2ccccc2[n+]1[O-]. The summed E-state index contributed by atoms with van der Waals surface area (Å²) in [4.78, 5) is 14.4. The van der Waals surface area contributed by atoms with Crippen LogP contribution in [0.25, 0.3) is 11.0 Å². The Kier molecular flexibility index (Phi) is 1.66. The van der Waals surface area contributed by atoms with Gasteiger partial charge in [-0.05, 0) is 6.07 Å². The number of carbonyl (C=O) groups is 1. The first kappa shape index (κ1) is 7.67. The summed E-state index contributed by atoms with van der Waals surface area (Å²) in [6, 6.07) is 6.86. The van der Waals surface area contributed by atoms with Crippen molar-refractivity contribution in [1.29, 1.82) is 0 Å². The van der Waals surface area contributed by atoms with Gasteiger partial charge in [-0.15, -0.1) is 0 Å². The normalized spacial score (nSPS) is 10.2. The second-order valence-corrected chi connectivity index (χ2v) is 2.58. The van der Waals surface area contributed by atoms with Gasteiger partial charge >= 0.3 is 0 Å². The highest BCUT2D eigenvalue weighted by molar-refractivity contribution is 5.75. The first-order valence-electron chi connectivity index (χ1n) is 3.75. The van der Waals surface area contributed by atoms with Crippen molar-refractivity contribution in [2.75, 3.05) is 0 Å². The molecule has 4 nitrogen and oxygen atoms in total. The molecule has 0 aliphatic heterocycles. The van der Waals surface area contributed by atoms with Crippen molar-refractivity contribution in [3.8, 4) is 0 Å². The van der Waals surface area contributed by atoms with E-state index in [1.165, 1.54) is 6.20 Å². The lowest BCUT2D eigenvalue weighted by Crippen LogP contribution is -2.32. The lowest BCUT2D eigenvalue weighted by Gasteiger charge is -2.01. The molecule has 0 atom stereocenters. The Morgan fingerprint density at radius 1 is 1.38 bits per heavy atom. The van der Waals surface area contributed by atoms with Crippen molar-refractivity contribution < 1.29 is 9.52 Å². The van der Waals surface area contributed by atoms with Gasteiger partial charge in [0.2, 0.25) is 11.8 Å². The monoisotopic (exact) mass is 174 g/mol. The van der Waals surface area contributed by atoms with Crippen molar-refractivity contribution in [3.63, 3.8) is 0 Å². The molecule has 0 saturated carbocycles. The van der Waals surface area contributed by atoms with E-state index in [9.17, 15) is 10.0 Å². The number of fused-ring (bicyclic) bond motifs is 1. The molecule has 0 spiro atoms. The summed E-state index contributed by atoms with van der Waals surface area (Å²) in [5.41, 5.74) is 1.02. The number of hydrogen-bond donors (Lipinski definition) is 0. The summed E-state index contributed by atoms with van der Waals surface area (Å²) in [7, 11) is 0. The van der Waals surface area contributed by atoms with Crippen LogP contribution in [0.3, 0.4) is 0 Å². The molecule has 0 radical (unpaired) electrons. The molecule has 0 aliphatic rings. The van der Waals surface area contributed by atoms with Crippen molar-refractivity contribution in [2.45, 2.75) is 0 Å². The number of para-hydroxylation sites is 2. The van der Waals surface area contributed by atoms with Gasteiger partial charge in [0.1, 0.15) is 11.7 Å². The first-order chi connectivity index (χ1) is 6.33. The molecule has 0 N–H and O–H groups in total. The van der Waals surface area contributed by atoms with Crippen LogP contribution in [-0.4, -0.2) is 11.3 Å². The van der Waals surface area contributed by atoms with Gasteiger partial charge in [0, 0.05) is 6.07 Å². The topological polar surface area (TPSA) is 56.9 Å². The molecule has 0 bridgehead atoms. The van der Waals surface area contributed by atoms with Crippen LogP contribution >= 0.6 is 0 Å². The van der Waals surface area contributed by atoms with Crippen LogP contribution in [-0.2, 0) is 0 Å². The zero-order valence-corrected chi connectivity index (χ0v) is 6.68. The summed E-state index contributed by atoms with van der Waals surface area (Å²) < 4.78 is 0.579. The molecule has 1 heterocycles. The smallest absolute Gasteiger partial charge is 0.275 e. The molecule has 0 amide bonds. The Hall–Kier alpha value is -1.97. The molecule has 2 aromatic rings. The van der Waals surface area contributed by atoms with E-state index in [1.54, 1.807) is 24.3 Å². The Morgan fingerprint density at radius 2 is 2.15 bits per heavy atom. The molecule has 13 heavy (non-hydrogen) atoms. The highest BCUT2D eigenvalue weighted by atomic mass is 16.5. The molecular weight excluding hydrogens is 168 g/mol. The minimum absolute atomic E-state index is 0.0266. The number of rotatable bonds is 1. The van der Waals surface area contributed by atoms with Crippen LogP contribution in [0.5, 0.6) is 0 Å². The van der Waals surface area contributed by atoms with Gasteiger partial charge in [-0.2, -0.15) is 4.73 Å². The van der Waals surface area contributed by atoms with Crippen LogP contribution in [0, 0.1) is 5.21 Å². The number of aromatic nitrogens is 2. The molecule has 4 heteroatoms. The number of benzene rings is 1. The van der Waals surface area contributed by atoms with E-state index < -0.39 is 0 Å². The minimum atomic E-state index is 0.0266. The lowest BCUT2D eigenvalue weighted by atomic mass is 10.3. The number of carbonyl (C=O) groups excluding carboxylic acids is 1. The average molecular weight is 174 g/mol. The van der Waals surface area contributed by atoms with Crippen LogP contribution in [0.15, 0.2) is 30.5 Å². The molecule has 0 unspecified atom stereocenters. The van der Waals surface area contributed by atoms with Crippen LogP contribution in [0.1, 0.15) is 10.5 Å². The predicted octanol–water partition coefficient (Wildman–Crippen LogP) is 0.681. The number of nitrogens with zero attached hydrogens (tertiary/aromatic N) is 2. The first-order valence-corrected chi connectivity index (χ1v) is 3.75. The Labute approximate surface area is 74.0 Å². The van der Waals surface area contributed by atoms with E-state index in [2.05, 4.69) is 4.98 Å². The van der Waals surface area contributed by atoms with Gasteiger partial charge in [0.05, 0.1) is 0 Å². The molecule has 1 aromatic heterocycles. The molecule has 0 aliphatic carbocycles. The van der Waals surface area contributed by atoms with Gasteiger partial charge in [-0.1, -0.05) is 12.1 Å². The third-order valence-corrected chi connectivity index (χ3v) is 1.79. The third kappa shape index (κ3) is 1.12. The van der Waals surface area contributed by atoms with Crippen molar-refractivity contribution in [2.24, 2.45) is 0 Å². The van der Waals surface area contributed by atoms with E-state index in [-0.39, 0.29) is 5.69 Å². The quantitative estimate of drug-likeness (QED) is 0.363. The Morgan fingerprint density at radius 3 is 2.92 bits per heavy atom. The fraction of sp³-hybridized carbons (Fsp3) is 0. The van der Waals surface area contributed by atoms with Crippen LogP contribution in [0.2, 0.25) is 0 Å². The van der Waals surface area contributed by atoms with E-state index in [0.717, 1.165) is 0 Å². The highest BCUT2D eigenvalue weighted by Crippen LogP contribution is 2.05. The van der Waals surface area contributed by atoms with Crippen LogP contribution < -0.4 is 4.73 Å². The standard InChI is InChI=1S/C9H6N2O2/c12-6-7-5-10-8-3-1-2-4-9(8)11(7)13/h1-6H. The third-order valence-electron chi connectivity index (χ3n) is 1.79. The number of aldehydes is 1. The fourth-order valence-electron chi connectivity index (χ4n) is 1.15. The van der Waals surface area contributed by atoms with Gasteiger partial charge < -0.3 is 5.21 Å². The molecule has 0 fully saturated rings. The zero-order valence-electron chi connectivity index (χ0n) is 6.68. The van der Waals surface area contributed by atoms with Crippen molar-refractivity contribution in [1.82, 2.24) is 4.98 Å². The van der Waals surface area contributed by atoms with E-state index in [0.29, 0.717) is 22.0 Å². The summed E-state index contributed by atoms with van der Waals surface area (Å²) in [5, 5.41) is 11.4. The maximum absolute atomic E-state index is 11.4. The van der Waals surface area contributed by atoms with E-state index >= 15 is 0 Å². The minimum Gasteiger partial charge on any atom is -0.618 e. The van der Waals surface area contributed by atoms with Crippen molar-refractivity contribution >= 4 is 17.3 Å². The van der Waals surface area contributed by atoms with E-state index in [1.807, 2.05) is 0 Å². The predicted molar refractivity (Wildman–Crippen MR) is 46.1 cm³/mol. The van der Waals surface area contributed by atoms with Crippen molar-refractivity contribution in [3.05, 3.63) is 41.4 Å². The molecule has 2 rings (SSSR count). The zero-order chi connectivity index (χ0) is 9.26. The molecule has 0 saturated heterocycles. The number of hydrogen-bond acceptors (Lipinski definition) is 3. The summed E-state index contributed by atoms with van der Waals surface area (Å²) in [6.45, 7) is 0. The Bertz CT molecular complexity index is 468. The second kappa shape index (κ2) is 2.82. The highest BCUT2D eigenvalue weighted by Gasteiger charge is 2.08. The molecule has 1 aromatic carbocycles. The van der Waals surface area contributed by atoms with E-state index in [4.69, 9.17) is 0 Å². The summed E-state index contributed by atoms with van der Waals surface area (Å²) >= 11 is 0. The lowest BCUT2D eigenvalue weighted by molar-refractivity contribution is -0.579. The fourth-order valence-corrected chi connectivity index (χ4v) is 1.15. The molecule has 64 valence electrons. The maximum atomic E-state index is 11.4. The summed E-state index contributed by atoms with van der Waals surface area (Å²) in [5.74, 6) is 0. The summed E-state index contributed by atoms with van der Waals surface area (Å²) in [6.07, 6.45) is 1.76. The second-order valence-electron chi connectivity index (χ2n) is 2.58. The Balaban J connectivity index is 2.86. The van der Waals surface area contributed by atoms with Gasteiger partial charge in [0.15, 0.2) is 0 Å². The molecular formula is C9H6N2O2. The largest absolute Gasteiger partial charge is 0.618 e. The van der Waals surface area contributed by atoms with Gasteiger partial charge in [0.25, 0.3) is 5.69 Å². The maximum Gasteiger partial charge on any atom is 0.275 e. The average Bonchev–Trinajstić information content (AvgIpc) is 2.19.